The molecule has 0 aliphatic carbocycles. The van der Waals surface area contributed by atoms with Crippen LogP contribution in [0.1, 0.15) is 18.6 Å². The number of amides is 1. The van der Waals surface area contributed by atoms with Crippen LogP contribution in [0.3, 0.4) is 0 Å². The van der Waals surface area contributed by atoms with Gasteiger partial charge in [0.1, 0.15) is 17.6 Å². The van der Waals surface area contributed by atoms with Crippen LogP contribution in [0, 0.1) is 0 Å². The summed E-state index contributed by atoms with van der Waals surface area (Å²) in [5, 5.41) is 4.01. The van der Waals surface area contributed by atoms with Crippen LogP contribution in [-0.2, 0) is 4.79 Å². The number of furan rings is 1. The zero-order valence-corrected chi connectivity index (χ0v) is 12.4. The van der Waals surface area contributed by atoms with Gasteiger partial charge in [-0.15, -0.1) is 11.3 Å². The third kappa shape index (κ3) is 3.76. The Morgan fingerprint density at radius 1 is 1.38 bits per heavy atom. The molecule has 0 bridgehead atoms. The van der Waals surface area contributed by atoms with E-state index in [1.54, 1.807) is 35.8 Å². The van der Waals surface area contributed by atoms with Crippen LogP contribution in [0.4, 0.5) is 0 Å². The Morgan fingerprint density at radius 2 is 2.24 bits per heavy atom. The molecule has 0 atom stereocenters. The summed E-state index contributed by atoms with van der Waals surface area (Å²) in [6.07, 6.45) is 6.82. The van der Waals surface area contributed by atoms with Crippen molar-refractivity contribution in [2.75, 3.05) is 13.1 Å². The number of ether oxygens (including phenoxy) is 1. The first kappa shape index (κ1) is 13.9. The molecule has 4 nitrogen and oxygen atoms in total. The first-order chi connectivity index (χ1) is 10.3. The molecule has 0 N–H and O–H groups in total. The highest BCUT2D eigenvalue weighted by Crippen LogP contribution is 2.21. The van der Waals surface area contributed by atoms with Gasteiger partial charge in [0, 0.05) is 37.4 Å². The van der Waals surface area contributed by atoms with Crippen LogP contribution < -0.4 is 4.74 Å². The van der Waals surface area contributed by atoms with Gasteiger partial charge in [0.25, 0.3) is 0 Å². The molecule has 1 aliphatic heterocycles. The predicted octanol–water partition coefficient (Wildman–Crippen LogP) is 3.42. The van der Waals surface area contributed by atoms with E-state index in [-0.39, 0.29) is 12.0 Å². The van der Waals surface area contributed by atoms with Crippen molar-refractivity contribution in [1.29, 1.82) is 0 Å². The molecule has 21 heavy (non-hydrogen) atoms. The van der Waals surface area contributed by atoms with E-state index in [4.69, 9.17) is 9.15 Å². The van der Waals surface area contributed by atoms with Crippen molar-refractivity contribution in [1.82, 2.24) is 4.90 Å². The van der Waals surface area contributed by atoms with Gasteiger partial charge >= 0.3 is 0 Å². The molecule has 3 rings (SSSR count). The van der Waals surface area contributed by atoms with Crippen molar-refractivity contribution < 1.29 is 13.9 Å². The van der Waals surface area contributed by atoms with Crippen molar-refractivity contribution in [2.45, 2.75) is 18.9 Å². The molecule has 2 aromatic heterocycles. The molecule has 3 heterocycles. The maximum atomic E-state index is 12.1. The first-order valence-electron chi connectivity index (χ1n) is 7.00. The molecule has 0 unspecified atom stereocenters. The lowest BCUT2D eigenvalue weighted by molar-refractivity contribution is -0.127. The fraction of sp³-hybridized carbons (Fsp3) is 0.312. The minimum atomic E-state index is 0.0281. The topological polar surface area (TPSA) is 42.7 Å². The van der Waals surface area contributed by atoms with Crippen molar-refractivity contribution in [3.8, 4) is 5.75 Å². The minimum absolute atomic E-state index is 0.0281. The van der Waals surface area contributed by atoms with Gasteiger partial charge in [0.05, 0.1) is 6.26 Å². The summed E-state index contributed by atoms with van der Waals surface area (Å²) in [5.41, 5.74) is 0. The normalized spacial score (nSPS) is 16.5. The number of likely N-dealkylation sites (tertiary alicyclic amines) is 1. The van der Waals surface area contributed by atoms with E-state index in [9.17, 15) is 4.79 Å². The van der Waals surface area contributed by atoms with Gasteiger partial charge in [-0.05, 0) is 29.7 Å². The van der Waals surface area contributed by atoms with E-state index in [0.29, 0.717) is 5.76 Å². The lowest BCUT2D eigenvalue weighted by atomic mass is 10.1. The number of piperidine rings is 1. The molecule has 0 aromatic carbocycles. The lowest BCUT2D eigenvalue weighted by Crippen LogP contribution is -2.41. The summed E-state index contributed by atoms with van der Waals surface area (Å²) >= 11 is 1.63. The highest BCUT2D eigenvalue weighted by atomic mass is 32.1. The van der Waals surface area contributed by atoms with E-state index >= 15 is 0 Å². The Kier molecular flexibility index (Phi) is 4.40. The van der Waals surface area contributed by atoms with E-state index in [2.05, 4.69) is 0 Å². The average Bonchev–Trinajstić information content (AvgIpc) is 3.19. The Bertz CT molecular complexity index is 581. The largest absolute Gasteiger partial charge is 0.489 e. The monoisotopic (exact) mass is 303 g/mol. The number of carbonyl (C=O) groups excluding carboxylic acids is 1. The molecule has 0 saturated carbocycles. The summed E-state index contributed by atoms with van der Waals surface area (Å²) in [4.78, 5) is 13.9. The van der Waals surface area contributed by atoms with Gasteiger partial charge in [-0.2, -0.15) is 0 Å². The summed E-state index contributed by atoms with van der Waals surface area (Å²) in [6, 6.07) is 5.61. The van der Waals surface area contributed by atoms with E-state index in [1.165, 1.54) is 0 Å². The molecular weight excluding hydrogens is 286 g/mol. The Hall–Kier alpha value is -2.01. The van der Waals surface area contributed by atoms with E-state index in [1.807, 2.05) is 27.8 Å². The van der Waals surface area contributed by atoms with Crippen LogP contribution >= 0.6 is 11.3 Å². The van der Waals surface area contributed by atoms with Gasteiger partial charge in [0.15, 0.2) is 0 Å². The van der Waals surface area contributed by atoms with Gasteiger partial charge in [-0.1, -0.05) is 0 Å². The SMILES string of the molecule is O=C(C=Cc1ccco1)N1CCC(Oc2ccsc2)CC1. The summed E-state index contributed by atoms with van der Waals surface area (Å²) in [6.45, 7) is 1.46. The van der Waals surface area contributed by atoms with Crippen LogP contribution in [-0.4, -0.2) is 30.0 Å². The van der Waals surface area contributed by atoms with Crippen molar-refractivity contribution in [3.63, 3.8) is 0 Å². The third-order valence-electron chi connectivity index (χ3n) is 3.48. The third-order valence-corrected chi connectivity index (χ3v) is 4.15. The second-order valence-corrected chi connectivity index (χ2v) is 5.73. The molecule has 5 heteroatoms. The maximum absolute atomic E-state index is 12.1. The molecule has 2 aromatic rings. The number of carbonyl (C=O) groups is 1. The van der Waals surface area contributed by atoms with Crippen molar-refractivity contribution in [2.24, 2.45) is 0 Å². The standard InChI is InChI=1S/C16H17NO3S/c18-16(4-3-13-2-1-10-19-13)17-8-5-14(6-9-17)20-15-7-11-21-12-15/h1-4,7,10-12,14H,5-6,8-9H2. The Labute approximate surface area is 127 Å². The maximum Gasteiger partial charge on any atom is 0.246 e. The number of rotatable bonds is 4. The Morgan fingerprint density at radius 3 is 2.90 bits per heavy atom. The zero-order valence-electron chi connectivity index (χ0n) is 11.6. The molecule has 1 fully saturated rings. The molecule has 110 valence electrons. The molecule has 1 aliphatic rings. The number of hydrogen-bond donors (Lipinski definition) is 0. The van der Waals surface area contributed by atoms with Crippen LogP contribution in [0.5, 0.6) is 5.75 Å². The van der Waals surface area contributed by atoms with Gasteiger partial charge in [0.2, 0.25) is 5.91 Å². The second-order valence-electron chi connectivity index (χ2n) is 4.95. The van der Waals surface area contributed by atoms with Crippen LogP contribution in [0.15, 0.2) is 45.7 Å². The van der Waals surface area contributed by atoms with E-state index < -0.39 is 0 Å². The highest BCUT2D eigenvalue weighted by Gasteiger charge is 2.22. The van der Waals surface area contributed by atoms with Gasteiger partial charge in [-0.3, -0.25) is 4.79 Å². The lowest BCUT2D eigenvalue weighted by Gasteiger charge is -2.31. The number of thiophene rings is 1. The quantitative estimate of drug-likeness (QED) is 0.813. The van der Waals surface area contributed by atoms with Crippen molar-refractivity contribution >= 4 is 23.3 Å². The molecule has 0 spiro atoms. The first-order valence-corrected chi connectivity index (χ1v) is 7.95. The number of nitrogens with zero attached hydrogens (tertiary/aromatic N) is 1. The number of hydrogen-bond acceptors (Lipinski definition) is 4. The molecular formula is C16H17NO3S. The summed E-state index contributed by atoms with van der Waals surface area (Å²) < 4.78 is 11.1. The fourth-order valence-electron chi connectivity index (χ4n) is 2.35. The predicted molar refractivity (Wildman–Crippen MR) is 82.3 cm³/mol. The summed E-state index contributed by atoms with van der Waals surface area (Å²) in [7, 11) is 0. The van der Waals surface area contributed by atoms with Gasteiger partial charge < -0.3 is 14.1 Å². The van der Waals surface area contributed by atoms with Gasteiger partial charge in [-0.25, -0.2) is 0 Å². The smallest absolute Gasteiger partial charge is 0.246 e. The van der Waals surface area contributed by atoms with Crippen molar-refractivity contribution in [3.05, 3.63) is 47.1 Å². The Balaban J connectivity index is 1.47. The fourth-order valence-corrected chi connectivity index (χ4v) is 2.91. The zero-order chi connectivity index (χ0) is 14.5. The summed E-state index contributed by atoms with van der Waals surface area (Å²) in [5.74, 6) is 1.65. The minimum Gasteiger partial charge on any atom is -0.489 e. The van der Waals surface area contributed by atoms with Crippen LogP contribution in [0.25, 0.3) is 6.08 Å². The molecule has 1 saturated heterocycles. The second kappa shape index (κ2) is 6.63. The molecule has 0 radical (unpaired) electrons. The average molecular weight is 303 g/mol. The molecule has 1 amide bonds. The highest BCUT2D eigenvalue weighted by molar-refractivity contribution is 7.08. The van der Waals surface area contributed by atoms with Crippen LogP contribution in [0.2, 0.25) is 0 Å². The van der Waals surface area contributed by atoms with E-state index in [0.717, 1.165) is 31.7 Å².